The molecule has 1 N–H and O–H groups in total. The van der Waals surface area contributed by atoms with Crippen molar-refractivity contribution in [3.8, 4) is 0 Å². The molecule has 0 atom stereocenters. The predicted octanol–water partition coefficient (Wildman–Crippen LogP) is 3.16. The van der Waals surface area contributed by atoms with E-state index >= 15 is 0 Å². The standard InChI is InChI=1S/C16H25N3O/c1-4-9-17-14-7-8-15(18-10-14)16(20)19(12(2)3)11-13-5-6-13/h7-8,10,12-13,17H,4-6,9,11H2,1-3H3. The van der Waals surface area contributed by atoms with E-state index in [1.165, 1.54) is 12.8 Å². The number of rotatable bonds is 7. The molecule has 110 valence electrons. The second-order valence-corrected chi connectivity index (χ2v) is 5.85. The molecule has 1 aromatic heterocycles. The van der Waals surface area contributed by atoms with E-state index in [4.69, 9.17) is 0 Å². The number of hydrogen-bond donors (Lipinski definition) is 1. The van der Waals surface area contributed by atoms with E-state index < -0.39 is 0 Å². The lowest BCUT2D eigenvalue weighted by atomic mass is 10.2. The lowest BCUT2D eigenvalue weighted by Crippen LogP contribution is -2.38. The molecule has 0 aromatic carbocycles. The van der Waals surface area contributed by atoms with Crippen LogP contribution in [0, 0.1) is 5.92 Å². The Hall–Kier alpha value is -1.58. The number of anilines is 1. The molecule has 0 radical (unpaired) electrons. The molecule has 2 rings (SSSR count). The van der Waals surface area contributed by atoms with Crippen LogP contribution in [0.5, 0.6) is 0 Å². The topological polar surface area (TPSA) is 45.2 Å². The highest BCUT2D eigenvalue weighted by atomic mass is 16.2. The normalized spacial score (nSPS) is 14.4. The number of carbonyl (C=O) groups excluding carboxylic acids is 1. The van der Waals surface area contributed by atoms with E-state index in [2.05, 4.69) is 31.1 Å². The monoisotopic (exact) mass is 275 g/mol. The molecule has 1 amide bonds. The average Bonchev–Trinajstić information content (AvgIpc) is 3.26. The number of amides is 1. The summed E-state index contributed by atoms with van der Waals surface area (Å²) in [4.78, 5) is 18.8. The van der Waals surface area contributed by atoms with Gasteiger partial charge in [-0.2, -0.15) is 0 Å². The van der Waals surface area contributed by atoms with E-state index in [0.29, 0.717) is 11.6 Å². The smallest absolute Gasteiger partial charge is 0.272 e. The van der Waals surface area contributed by atoms with Crippen LogP contribution in [0.25, 0.3) is 0 Å². The maximum absolute atomic E-state index is 12.5. The highest BCUT2D eigenvalue weighted by molar-refractivity contribution is 5.92. The van der Waals surface area contributed by atoms with Crippen molar-refractivity contribution >= 4 is 11.6 Å². The number of aromatic nitrogens is 1. The van der Waals surface area contributed by atoms with Crippen molar-refractivity contribution in [3.63, 3.8) is 0 Å². The van der Waals surface area contributed by atoms with Crippen LogP contribution in [0.3, 0.4) is 0 Å². The van der Waals surface area contributed by atoms with Gasteiger partial charge in [0.15, 0.2) is 0 Å². The minimum Gasteiger partial charge on any atom is -0.384 e. The van der Waals surface area contributed by atoms with Gasteiger partial charge in [0.1, 0.15) is 5.69 Å². The third-order valence-corrected chi connectivity index (χ3v) is 3.60. The van der Waals surface area contributed by atoms with E-state index in [1.807, 2.05) is 17.0 Å². The SMILES string of the molecule is CCCNc1ccc(C(=O)N(CC2CC2)C(C)C)nc1. The number of carbonyl (C=O) groups is 1. The second kappa shape index (κ2) is 6.73. The number of nitrogens with zero attached hydrogens (tertiary/aromatic N) is 2. The van der Waals surface area contributed by atoms with Crippen molar-refractivity contribution < 1.29 is 4.79 Å². The van der Waals surface area contributed by atoms with Crippen LogP contribution in [0.1, 0.15) is 50.5 Å². The predicted molar refractivity (Wildman–Crippen MR) is 81.9 cm³/mol. The molecule has 4 heteroatoms. The fraction of sp³-hybridized carbons (Fsp3) is 0.625. The molecule has 1 aliphatic carbocycles. The average molecular weight is 275 g/mol. The molecule has 0 spiro atoms. The fourth-order valence-corrected chi connectivity index (χ4v) is 2.15. The van der Waals surface area contributed by atoms with Crippen LogP contribution in [0.2, 0.25) is 0 Å². The quantitative estimate of drug-likeness (QED) is 0.831. The highest BCUT2D eigenvalue weighted by Crippen LogP contribution is 2.30. The van der Waals surface area contributed by atoms with E-state index in [1.54, 1.807) is 6.20 Å². The van der Waals surface area contributed by atoms with Gasteiger partial charge in [0.25, 0.3) is 5.91 Å². The Kier molecular flexibility index (Phi) is 4.99. The van der Waals surface area contributed by atoms with Gasteiger partial charge < -0.3 is 10.2 Å². The summed E-state index contributed by atoms with van der Waals surface area (Å²) in [5.41, 5.74) is 1.52. The molecule has 1 heterocycles. The molecule has 4 nitrogen and oxygen atoms in total. The summed E-state index contributed by atoms with van der Waals surface area (Å²) < 4.78 is 0. The molecule has 0 bridgehead atoms. The van der Waals surface area contributed by atoms with Gasteiger partial charge in [0.2, 0.25) is 0 Å². The van der Waals surface area contributed by atoms with E-state index in [-0.39, 0.29) is 11.9 Å². The Morgan fingerprint density at radius 2 is 2.20 bits per heavy atom. The lowest BCUT2D eigenvalue weighted by molar-refractivity contribution is 0.0690. The molecule has 1 saturated carbocycles. The van der Waals surface area contributed by atoms with Crippen LogP contribution in [0.15, 0.2) is 18.3 Å². The molecule has 0 unspecified atom stereocenters. The number of nitrogens with one attached hydrogen (secondary N) is 1. The lowest BCUT2D eigenvalue weighted by Gasteiger charge is -2.26. The van der Waals surface area contributed by atoms with E-state index in [0.717, 1.165) is 25.2 Å². The van der Waals surface area contributed by atoms with E-state index in [9.17, 15) is 4.79 Å². The maximum atomic E-state index is 12.5. The van der Waals surface area contributed by atoms with Crippen molar-refractivity contribution in [1.29, 1.82) is 0 Å². The van der Waals surface area contributed by atoms with Crippen LogP contribution in [-0.4, -0.2) is 34.9 Å². The summed E-state index contributed by atoms with van der Waals surface area (Å²) in [5, 5.41) is 3.27. The summed E-state index contributed by atoms with van der Waals surface area (Å²) in [6.45, 7) is 8.05. The molecule has 1 aliphatic rings. The number of hydrogen-bond acceptors (Lipinski definition) is 3. The fourth-order valence-electron chi connectivity index (χ4n) is 2.15. The van der Waals surface area contributed by atoms with Gasteiger partial charge >= 0.3 is 0 Å². The van der Waals surface area contributed by atoms with Gasteiger partial charge in [-0.05, 0) is 51.2 Å². The second-order valence-electron chi connectivity index (χ2n) is 5.85. The van der Waals surface area contributed by atoms with Crippen LogP contribution in [-0.2, 0) is 0 Å². The highest BCUT2D eigenvalue weighted by Gasteiger charge is 2.29. The van der Waals surface area contributed by atoms with Crippen molar-refractivity contribution in [2.24, 2.45) is 5.92 Å². The summed E-state index contributed by atoms with van der Waals surface area (Å²) in [6.07, 6.45) is 5.33. The van der Waals surface area contributed by atoms with Gasteiger partial charge in [-0.3, -0.25) is 4.79 Å². The summed E-state index contributed by atoms with van der Waals surface area (Å²) in [7, 11) is 0. The summed E-state index contributed by atoms with van der Waals surface area (Å²) >= 11 is 0. The van der Waals surface area contributed by atoms with Gasteiger partial charge in [0, 0.05) is 19.1 Å². The first-order valence-corrected chi connectivity index (χ1v) is 7.62. The maximum Gasteiger partial charge on any atom is 0.272 e. The van der Waals surface area contributed by atoms with Crippen molar-refractivity contribution in [1.82, 2.24) is 9.88 Å². The van der Waals surface area contributed by atoms with Crippen LogP contribution < -0.4 is 5.32 Å². The minimum absolute atomic E-state index is 0.0499. The molecular formula is C16H25N3O. The van der Waals surface area contributed by atoms with Gasteiger partial charge in [-0.15, -0.1) is 0 Å². The van der Waals surface area contributed by atoms with Crippen molar-refractivity contribution in [3.05, 3.63) is 24.0 Å². The minimum atomic E-state index is 0.0499. The third kappa shape index (κ3) is 3.95. The van der Waals surface area contributed by atoms with Crippen molar-refractivity contribution in [2.45, 2.75) is 46.1 Å². The molecule has 1 aromatic rings. The largest absolute Gasteiger partial charge is 0.384 e. The molecule has 0 aliphatic heterocycles. The summed E-state index contributed by atoms with van der Waals surface area (Å²) in [6, 6.07) is 3.98. The molecule has 1 fully saturated rings. The van der Waals surface area contributed by atoms with Gasteiger partial charge in [0.05, 0.1) is 11.9 Å². The zero-order chi connectivity index (χ0) is 14.5. The van der Waals surface area contributed by atoms with Crippen LogP contribution in [0.4, 0.5) is 5.69 Å². The van der Waals surface area contributed by atoms with Crippen LogP contribution >= 0.6 is 0 Å². The number of pyridine rings is 1. The Morgan fingerprint density at radius 3 is 2.70 bits per heavy atom. The first-order chi connectivity index (χ1) is 9.61. The molecule has 20 heavy (non-hydrogen) atoms. The molecule has 0 saturated heterocycles. The Bertz CT molecular complexity index is 438. The first kappa shape index (κ1) is 14.8. The third-order valence-electron chi connectivity index (χ3n) is 3.60. The Morgan fingerprint density at radius 1 is 1.45 bits per heavy atom. The Labute approximate surface area is 121 Å². The van der Waals surface area contributed by atoms with Gasteiger partial charge in [-0.1, -0.05) is 6.92 Å². The Balaban J connectivity index is 2.02. The first-order valence-electron chi connectivity index (χ1n) is 7.62. The summed E-state index contributed by atoms with van der Waals surface area (Å²) in [5.74, 6) is 0.751. The van der Waals surface area contributed by atoms with Gasteiger partial charge in [-0.25, -0.2) is 4.98 Å². The molecular weight excluding hydrogens is 250 g/mol. The van der Waals surface area contributed by atoms with Crippen molar-refractivity contribution in [2.75, 3.05) is 18.4 Å². The zero-order valence-corrected chi connectivity index (χ0v) is 12.7. The zero-order valence-electron chi connectivity index (χ0n) is 12.7.